The Balaban J connectivity index is 2.26. The highest BCUT2D eigenvalue weighted by atomic mass is 79.9. The first kappa shape index (κ1) is 14.3. The van der Waals surface area contributed by atoms with Gasteiger partial charge in [0.1, 0.15) is 4.83 Å². The van der Waals surface area contributed by atoms with Crippen LogP contribution in [0.5, 0.6) is 5.06 Å². The summed E-state index contributed by atoms with van der Waals surface area (Å²) in [6.07, 6.45) is -0.462. The van der Waals surface area contributed by atoms with Gasteiger partial charge < -0.3 is 10.1 Å². The molecule has 102 valence electrons. The smallest absolute Gasteiger partial charge is 0.398 e. The van der Waals surface area contributed by atoms with Crippen LogP contribution in [0.1, 0.15) is 26.5 Å². The quantitative estimate of drug-likeness (QED) is 0.842. The summed E-state index contributed by atoms with van der Waals surface area (Å²) in [7, 11) is 0. The second-order valence-corrected chi connectivity index (χ2v) is 7.03. The highest BCUT2D eigenvalue weighted by Crippen LogP contribution is 2.40. The van der Waals surface area contributed by atoms with E-state index in [1.165, 1.54) is 11.3 Å². The molecule has 0 bridgehead atoms. The molecule has 0 radical (unpaired) electrons. The van der Waals surface area contributed by atoms with Crippen LogP contribution in [-0.2, 0) is 0 Å². The maximum Gasteiger partial charge on any atom is 0.413 e. The molecule has 1 amide bonds. The molecule has 0 unspecified atom stereocenters. The van der Waals surface area contributed by atoms with Gasteiger partial charge in [-0.25, -0.2) is 9.78 Å². The second-order valence-electron chi connectivity index (χ2n) is 5.27. The number of halogens is 1. The average Bonchev–Trinajstić information content (AvgIpc) is 2.52. The monoisotopic (exact) mass is 342 g/mol. The molecule has 19 heavy (non-hydrogen) atoms. The normalized spacial score (nSPS) is 11.6. The summed E-state index contributed by atoms with van der Waals surface area (Å²) in [6.45, 7) is 7.64. The number of amides is 1. The molecule has 2 aromatic heterocycles. The van der Waals surface area contributed by atoms with Crippen molar-refractivity contribution in [3.63, 3.8) is 0 Å². The number of fused-ring (bicyclic) bond motifs is 1. The molecule has 1 N–H and O–H groups in total. The van der Waals surface area contributed by atoms with E-state index in [9.17, 15) is 4.79 Å². The van der Waals surface area contributed by atoms with Gasteiger partial charge >= 0.3 is 6.09 Å². The number of hydrogen-bond acceptors (Lipinski definition) is 4. The lowest BCUT2D eigenvalue weighted by molar-refractivity contribution is 0.192. The zero-order valence-corrected chi connectivity index (χ0v) is 13.6. The highest BCUT2D eigenvalue weighted by Gasteiger charge is 2.19. The summed E-state index contributed by atoms with van der Waals surface area (Å²) in [5, 5.41) is 4.23. The van der Waals surface area contributed by atoms with E-state index in [1.54, 1.807) is 0 Å². The van der Waals surface area contributed by atoms with Crippen LogP contribution in [0.15, 0.2) is 16.6 Å². The van der Waals surface area contributed by atoms with Crippen molar-refractivity contribution in [2.24, 2.45) is 0 Å². The Morgan fingerprint density at radius 2 is 2.11 bits per heavy atom. The summed E-state index contributed by atoms with van der Waals surface area (Å²) < 4.78 is 6.10. The fourth-order valence-electron chi connectivity index (χ4n) is 1.50. The fourth-order valence-corrected chi connectivity index (χ4v) is 3.24. The topological polar surface area (TPSA) is 51.2 Å². The number of rotatable bonds is 1. The predicted molar refractivity (Wildman–Crippen MR) is 81.0 cm³/mol. The maximum atomic E-state index is 11.8. The van der Waals surface area contributed by atoms with E-state index in [1.807, 2.05) is 39.8 Å². The number of carbonyl (C=O) groups is 1. The van der Waals surface area contributed by atoms with Crippen molar-refractivity contribution in [2.75, 3.05) is 0 Å². The molecule has 4 nitrogen and oxygen atoms in total. The Hall–Kier alpha value is -1.14. The third-order valence-corrected chi connectivity index (χ3v) is 4.29. The molecule has 0 spiro atoms. The van der Waals surface area contributed by atoms with Gasteiger partial charge in [-0.05, 0) is 55.8 Å². The van der Waals surface area contributed by atoms with Crippen LogP contribution in [0.4, 0.5) is 4.79 Å². The van der Waals surface area contributed by atoms with Crippen molar-refractivity contribution in [2.45, 2.75) is 33.2 Å². The molecule has 0 aromatic carbocycles. The van der Waals surface area contributed by atoms with Gasteiger partial charge in [0.2, 0.25) is 5.06 Å². The first-order valence-electron chi connectivity index (χ1n) is 5.82. The summed E-state index contributed by atoms with van der Waals surface area (Å²) in [4.78, 5) is 17.0. The number of thiophene rings is 1. The Morgan fingerprint density at radius 3 is 2.74 bits per heavy atom. The van der Waals surface area contributed by atoms with Crippen molar-refractivity contribution < 1.29 is 9.53 Å². The Bertz CT molecular complexity index is 631. The lowest BCUT2D eigenvalue weighted by Crippen LogP contribution is -2.42. The Morgan fingerprint density at radius 1 is 1.42 bits per heavy atom. The number of aromatic nitrogens is 1. The SMILES string of the molecule is Cc1ccc2c(Br)c(OC(=O)NC(C)(C)C)sc2n1. The molecule has 0 saturated carbocycles. The van der Waals surface area contributed by atoms with E-state index in [-0.39, 0.29) is 5.54 Å². The minimum Gasteiger partial charge on any atom is -0.398 e. The van der Waals surface area contributed by atoms with Crippen LogP contribution in [0.25, 0.3) is 10.2 Å². The molecule has 2 aromatic rings. The van der Waals surface area contributed by atoms with Crippen molar-refractivity contribution in [1.29, 1.82) is 0 Å². The number of hydrogen-bond donors (Lipinski definition) is 1. The zero-order valence-electron chi connectivity index (χ0n) is 11.2. The van der Waals surface area contributed by atoms with Crippen LogP contribution in [0.3, 0.4) is 0 Å². The minimum atomic E-state index is -0.462. The number of carbonyl (C=O) groups excluding carboxylic acids is 1. The van der Waals surface area contributed by atoms with E-state index >= 15 is 0 Å². The first-order valence-corrected chi connectivity index (χ1v) is 7.43. The van der Waals surface area contributed by atoms with Crippen LogP contribution >= 0.6 is 27.3 Å². The number of nitrogens with zero attached hydrogens (tertiary/aromatic N) is 1. The summed E-state index contributed by atoms with van der Waals surface area (Å²) >= 11 is 4.80. The molecule has 2 heterocycles. The molecular weight excluding hydrogens is 328 g/mol. The fraction of sp³-hybridized carbons (Fsp3) is 0.385. The first-order chi connectivity index (χ1) is 8.76. The maximum absolute atomic E-state index is 11.8. The average molecular weight is 343 g/mol. The molecule has 0 saturated heterocycles. The van der Waals surface area contributed by atoms with Crippen molar-refractivity contribution in [3.05, 3.63) is 22.3 Å². The van der Waals surface area contributed by atoms with Gasteiger partial charge in [-0.15, -0.1) is 0 Å². The van der Waals surface area contributed by atoms with Crippen LogP contribution < -0.4 is 10.1 Å². The van der Waals surface area contributed by atoms with Gasteiger partial charge in [0.15, 0.2) is 0 Å². The lowest BCUT2D eigenvalue weighted by Gasteiger charge is -2.19. The number of nitrogens with one attached hydrogen (secondary N) is 1. The van der Waals surface area contributed by atoms with E-state index in [0.717, 1.165) is 20.4 Å². The Labute approximate surface area is 124 Å². The predicted octanol–water partition coefficient (Wildman–Crippen LogP) is 4.25. The number of pyridine rings is 1. The third-order valence-electron chi connectivity index (χ3n) is 2.27. The van der Waals surface area contributed by atoms with E-state index in [2.05, 4.69) is 26.2 Å². The molecule has 0 aliphatic heterocycles. The van der Waals surface area contributed by atoms with Gasteiger partial charge in [-0.2, -0.15) is 0 Å². The standard InChI is InChI=1S/C13H15BrN2O2S/c1-7-5-6-8-9(14)11(19-10(8)15-7)18-12(17)16-13(2,3)4/h5-6H,1-4H3,(H,16,17). The number of aryl methyl sites for hydroxylation is 1. The minimum absolute atomic E-state index is 0.324. The van der Waals surface area contributed by atoms with Gasteiger partial charge in [-0.1, -0.05) is 11.3 Å². The lowest BCUT2D eigenvalue weighted by atomic mass is 10.1. The van der Waals surface area contributed by atoms with Crippen LogP contribution in [-0.4, -0.2) is 16.6 Å². The summed E-state index contributed by atoms with van der Waals surface area (Å²) in [5.41, 5.74) is 0.613. The molecule has 0 atom stereocenters. The van der Waals surface area contributed by atoms with Crippen LogP contribution in [0.2, 0.25) is 0 Å². The third kappa shape index (κ3) is 3.45. The molecule has 0 fully saturated rings. The molecule has 0 aliphatic carbocycles. The van der Waals surface area contributed by atoms with Crippen molar-refractivity contribution in [3.8, 4) is 5.06 Å². The van der Waals surface area contributed by atoms with Gasteiger partial charge in [0.05, 0.1) is 4.47 Å². The second kappa shape index (κ2) is 5.09. The Kier molecular flexibility index (Phi) is 3.82. The van der Waals surface area contributed by atoms with Gasteiger partial charge in [-0.3, -0.25) is 0 Å². The largest absolute Gasteiger partial charge is 0.413 e. The summed E-state index contributed by atoms with van der Waals surface area (Å²) in [6, 6.07) is 3.89. The molecule has 2 rings (SSSR count). The van der Waals surface area contributed by atoms with Crippen molar-refractivity contribution in [1.82, 2.24) is 10.3 Å². The summed E-state index contributed by atoms with van der Waals surface area (Å²) in [5.74, 6) is 0. The molecule has 0 aliphatic rings. The van der Waals surface area contributed by atoms with Gasteiger partial charge in [0, 0.05) is 16.6 Å². The highest BCUT2D eigenvalue weighted by molar-refractivity contribution is 9.10. The van der Waals surface area contributed by atoms with Crippen LogP contribution in [0, 0.1) is 6.92 Å². The van der Waals surface area contributed by atoms with E-state index in [0.29, 0.717) is 5.06 Å². The zero-order chi connectivity index (χ0) is 14.2. The van der Waals surface area contributed by atoms with Gasteiger partial charge in [0.25, 0.3) is 0 Å². The van der Waals surface area contributed by atoms with E-state index < -0.39 is 6.09 Å². The van der Waals surface area contributed by atoms with E-state index in [4.69, 9.17) is 4.74 Å². The number of ether oxygens (including phenoxy) is 1. The molecule has 6 heteroatoms. The van der Waals surface area contributed by atoms with Crippen molar-refractivity contribution >= 4 is 43.6 Å². The molecular formula is C13H15BrN2O2S.